The van der Waals surface area contributed by atoms with Crippen LogP contribution in [0.25, 0.3) is 10.2 Å². The van der Waals surface area contributed by atoms with Crippen molar-refractivity contribution < 1.29 is 18.0 Å². The van der Waals surface area contributed by atoms with E-state index in [0.29, 0.717) is 5.13 Å². The zero-order valence-corrected chi connectivity index (χ0v) is 14.0. The van der Waals surface area contributed by atoms with Crippen LogP contribution in [0.1, 0.15) is 5.56 Å². The number of nitrogens with zero attached hydrogens (tertiary/aromatic N) is 2. The van der Waals surface area contributed by atoms with Crippen molar-refractivity contribution in [3.05, 3.63) is 54.1 Å². The normalized spacial score (nSPS) is 11.5. The molecule has 3 rings (SSSR count). The molecule has 8 heteroatoms. The molecule has 3 aromatic rings. The van der Waals surface area contributed by atoms with Gasteiger partial charge in [0.05, 0.1) is 28.0 Å². The average molecular weight is 365 g/mol. The number of amides is 1. The molecule has 0 fully saturated rings. The maximum Gasteiger partial charge on any atom is 0.418 e. The lowest BCUT2D eigenvalue weighted by molar-refractivity contribution is -0.137. The van der Waals surface area contributed by atoms with Crippen molar-refractivity contribution in [3.63, 3.8) is 0 Å². The Bertz CT molecular complexity index is 874. The Morgan fingerprint density at radius 3 is 2.56 bits per heavy atom. The second-order valence-corrected chi connectivity index (χ2v) is 6.42. The highest BCUT2D eigenvalue weighted by Gasteiger charge is 2.33. The second kappa shape index (κ2) is 6.72. The Labute approximate surface area is 145 Å². The van der Waals surface area contributed by atoms with E-state index in [4.69, 9.17) is 0 Å². The first-order valence-corrected chi connectivity index (χ1v) is 8.19. The predicted octanol–water partition coefficient (Wildman–Crippen LogP) is 4.39. The molecule has 0 aliphatic heterocycles. The van der Waals surface area contributed by atoms with Crippen LogP contribution in [0.3, 0.4) is 0 Å². The highest BCUT2D eigenvalue weighted by molar-refractivity contribution is 7.22. The quantitative estimate of drug-likeness (QED) is 0.746. The largest absolute Gasteiger partial charge is 0.418 e. The first-order chi connectivity index (χ1) is 11.8. The molecule has 1 aromatic heterocycles. The van der Waals surface area contributed by atoms with E-state index in [2.05, 4.69) is 10.3 Å². The lowest BCUT2D eigenvalue weighted by Crippen LogP contribution is -2.30. The molecular weight excluding hydrogens is 351 g/mol. The lowest BCUT2D eigenvalue weighted by atomic mass is 10.1. The summed E-state index contributed by atoms with van der Waals surface area (Å²) in [5, 5.41) is 2.95. The van der Waals surface area contributed by atoms with Gasteiger partial charge in [0.15, 0.2) is 5.13 Å². The first-order valence-electron chi connectivity index (χ1n) is 7.37. The van der Waals surface area contributed by atoms with Gasteiger partial charge in [0.1, 0.15) is 0 Å². The molecule has 25 heavy (non-hydrogen) atoms. The number of rotatable bonds is 4. The van der Waals surface area contributed by atoms with Gasteiger partial charge >= 0.3 is 6.18 Å². The number of halogens is 3. The van der Waals surface area contributed by atoms with Crippen molar-refractivity contribution in [1.82, 2.24) is 4.98 Å². The standard InChI is InChI=1S/C17H14F3N3OS/c1-23(16-22-13-8-4-5-9-14(13)25-16)10-15(24)21-12-7-3-2-6-11(12)17(18,19)20/h2-9H,10H2,1H3,(H,21,24). The van der Waals surface area contributed by atoms with Gasteiger partial charge in [-0.15, -0.1) is 0 Å². The summed E-state index contributed by atoms with van der Waals surface area (Å²) >= 11 is 1.42. The maximum atomic E-state index is 13.0. The van der Waals surface area contributed by atoms with Crippen LogP contribution >= 0.6 is 11.3 Å². The lowest BCUT2D eigenvalue weighted by Gasteiger charge is -2.17. The number of benzene rings is 2. The van der Waals surface area contributed by atoms with Crippen molar-refractivity contribution in [1.29, 1.82) is 0 Å². The van der Waals surface area contributed by atoms with Gasteiger partial charge in [-0.3, -0.25) is 4.79 Å². The minimum Gasteiger partial charge on any atom is -0.342 e. The molecular formula is C17H14F3N3OS. The van der Waals surface area contributed by atoms with Crippen LogP contribution in [-0.4, -0.2) is 24.5 Å². The van der Waals surface area contributed by atoms with Crippen LogP contribution in [0, 0.1) is 0 Å². The molecule has 2 aromatic carbocycles. The number of anilines is 2. The maximum absolute atomic E-state index is 13.0. The third-order valence-corrected chi connectivity index (χ3v) is 4.65. The van der Waals surface area contributed by atoms with Crippen LogP contribution in [0.5, 0.6) is 0 Å². The van der Waals surface area contributed by atoms with Crippen LogP contribution in [0.15, 0.2) is 48.5 Å². The molecule has 1 amide bonds. The number of carbonyl (C=O) groups is 1. The Morgan fingerprint density at radius 1 is 1.16 bits per heavy atom. The highest BCUT2D eigenvalue weighted by Crippen LogP contribution is 2.34. The van der Waals surface area contributed by atoms with Gasteiger partial charge in [0.25, 0.3) is 0 Å². The van der Waals surface area contributed by atoms with Crippen molar-refractivity contribution in [2.45, 2.75) is 6.18 Å². The van der Waals surface area contributed by atoms with E-state index in [1.807, 2.05) is 24.3 Å². The van der Waals surface area contributed by atoms with Gasteiger partial charge in [-0.05, 0) is 24.3 Å². The Balaban J connectivity index is 1.72. The molecule has 0 aliphatic rings. The number of hydrogen-bond donors (Lipinski definition) is 1. The number of fused-ring (bicyclic) bond motifs is 1. The molecule has 1 N–H and O–H groups in total. The zero-order valence-electron chi connectivity index (χ0n) is 13.2. The van der Waals surface area contributed by atoms with E-state index in [1.165, 1.54) is 29.5 Å². The number of hydrogen-bond acceptors (Lipinski definition) is 4. The van der Waals surface area contributed by atoms with E-state index in [1.54, 1.807) is 11.9 Å². The van der Waals surface area contributed by atoms with Crippen LogP contribution in [0.4, 0.5) is 24.0 Å². The summed E-state index contributed by atoms with van der Waals surface area (Å²) in [6, 6.07) is 12.4. The topological polar surface area (TPSA) is 45.2 Å². The van der Waals surface area contributed by atoms with Crippen molar-refractivity contribution >= 4 is 38.3 Å². The van der Waals surface area contributed by atoms with Crippen molar-refractivity contribution in [2.75, 3.05) is 23.8 Å². The van der Waals surface area contributed by atoms with E-state index in [-0.39, 0.29) is 12.2 Å². The Kier molecular flexibility index (Phi) is 4.63. The molecule has 4 nitrogen and oxygen atoms in total. The number of para-hydroxylation sites is 2. The van der Waals surface area contributed by atoms with Crippen molar-refractivity contribution in [2.24, 2.45) is 0 Å². The number of aromatic nitrogens is 1. The third kappa shape index (κ3) is 3.90. The molecule has 0 saturated heterocycles. The van der Waals surface area contributed by atoms with E-state index in [9.17, 15) is 18.0 Å². The molecule has 0 unspecified atom stereocenters. The highest BCUT2D eigenvalue weighted by atomic mass is 32.1. The number of alkyl halides is 3. The summed E-state index contributed by atoms with van der Waals surface area (Å²) in [5.74, 6) is -0.543. The van der Waals surface area contributed by atoms with Gasteiger partial charge in [-0.1, -0.05) is 35.6 Å². The van der Waals surface area contributed by atoms with E-state index >= 15 is 0 Å². The van der Waals surface area contributed by atoms with Gasteiger partial charge < -0.3 is 10.2 Å². The van der Waals surface area contributed by atoms with E-state index in [0.717, 1.165) is 16.3 Å². The molecule has 0 atom stereocenters. The fourth-order valence-corrected chi connectivity index (χ4v) is 3.26. The van der Waals surface area contributed by atoms with Gasteiger partial charge in [0, 0.05) is 7.05 Å². The SMILES string of the molecule is CN(CC(=O)Nc1ccccc1C(F)(F)F)c1nc2ccccc2s1. The minimum absolute atomic E-state index is 0.105. The average Bonchev–Trinajstić information content (AvgIpc) is 2.98. The van der Waals surface area contributed by atoms with Gasteiger partial charge in [0.2, 0.25) is 5.91 Å². The predicted molar refractivity (Wildman–Crippen MR) is 93.0 cm³/mol. The summed E-state index contributed by atoms with van der Waals surface area (Å²) in [6.45, 7) is -0.105. The summed E-state index contributed by atoms with van der Waals surface area (Å²) in [6.07, 6.45) is -4.52. The Morgan fingerprint density at radius 2 is 1.84 bits per heavy atom. The summed E-state index contributed by atoms with van der Waals surface area (Å²) < 4.78 is 39.9. The minimum atomic E-state index is -4.52. The molecule has 130 valence electrons. The van der Waals surface area contributed by atoms with Gasteiger partial charge in [-0.2, -0.15) is 13.2 Å². The summed E-state index contributed by atoms with van der Waals surface area (Å²) in [5.41, 5.74) is -0.305. The number of carbonyl (C=O) groups excluding carboxylic acids is 1. The van der Waals surface area contributed by atoms with Crippen LogP contribution < -0.4 is 10.2 Å². The molecule has 0 aliphatic carbocycles. The second-order valence-electron chi connectivity index (χ2n) is 5.41. The van der Waals surface area contributed by atoms with Crippen molar-refractivity contribution in [3.8, 4) is 0 Å². The fraction of sp³-hybridized carbons (Fsp3) is 0.176. The van der Waals surface area contributed by atoms with Crippen LogP contribution in [-0.2, 0) is 11.0 Å². The smallest absolute Gasteiger partial charge is 0.342 e. The number of thiazole rings is 1. The zero-order chi connectivity index (χ0) is 18.0. The van der Waals surface area contributed by atoms with Crippen LogP contribution in [0.2, 0.25) is 0 Å². The molecule has 0 bridgehead atoms. The molecule has 1 heterocycles. The molecule has 0 saturated carbocycles. The molecule has 0 spiro atoms. The number of nitrogens with one attached hydrogen (secondary N) is 1. The fourth-order valence-electron chi connectivity index (χ4n) is 2.34. The van der Waals surface area contributed by atoms with Gasteiger partial charge in [-0.25, -0.2) is 4.98 Å². The number of likely N-dealkylation sites (N-methyl/N-ethyl adjacent to an activating group) is 1. The monoisotopic (exact) mass is 365 g/mol. The molecule has 0 radical (unpaired) electrons. The summed E-state index contributed by atoms with van der Waals surface area (Å²) in [7, 11) is 1.67. The Hall–Kier alpha value is -2.61. The first kappa shape index (κ1) is 17.2. The third-order valence-electron chi connectivity index (χ3n) is 3.50. The summed E-state index contributed by atoms with van der Waals surface area (Å²) in [4.78, 5) is 18.2. The van der Waals surface area contributed by atoms with E-state index < -0.39 is 17.6 Å².